The van der Waals surface area contributed by atoms with Crippen LogP contribution in [0.25, 0.3) is 0 Å². The van der Waals surface area contributed by atoms with Crippen LogP contribution in [0, 0.1) is 0 Å². The molecule has 0 fully saturated rings. The van der Waals surface area contributed by atoms with Gasteiger partial charge in [-0.3, -0.25) is 4.79 Å². The Morgan fingerprint density at radius 1 is 1.22 bits per heavy atom. The van der Waals surface area contributed by atoms with Gasteiger partial charge in [0.15, 0.2) is 0 Å². The topological polar surface area (TPSA) is 74.7 Å². The third-order valence-corrected chi connectivity index (χ3v) is 4.34. The number of rotatable bonds is 7. The van der Waals surface area contributed by atoms with Crippen molar-refractivity contribution in [2.24, 2.45) is 0 Å². The summed E-state index contributed by atoms with van der Waals surface area (Å²) in [4.78, 5) is 10.7. The number of aliphatic carboxylic acids is 1. The summed E-state index contributed by atoms with van der Waals surface area (Å²) in [5.74, 6) is -1.00. The van der Waals surface area contributed by atoms with E-state index in [4.69, 9.17) is 5.11 Å². The monoisotopic (exact) mass is 271 g/mol. The van der Waals surface area contributed by atoms with Gasteiger partial charge in [-0.05, 0) is 18.6 Å². The number of carboxylic acid groups (broad SMARTS) is 1. The minimum absolute atomic E-state index is 0.000398. The van der Waals surface area contributed by atoms with Gasteiger partial charge in [0.2, 0.25) is 10.0 Å². The lowest BCUT2D eigenvalue weighted by molar-refractivity contribution is -0.137. The van der Waals surface area contributed by atoms with Crippen molar-refractivity contribution in [3.05, 3.63) is 30.3 Å². The summed E-state index contributed by atoms with van der Waals surface area (Å²) < 4.78 is 25.8. The van der Waals surface area contributed by atoms with Gasteiger partial charge >= 0.3 is 5.97 Å². The molecule has 0 spiro atoms. The number of sulfonamides is 1. The first-order valence-electron chi connectivity index (χ1n) is 5.75. The Morgan fingerprint density at radius 2 is 1.83 bits per heavy atom. The third-order valence-electron chi connectivity index (χ3n) is 2.43. The summed E-state index contributed by atoms with van der Waals surface area (Å²) in [6.45, 7) is 2.18. The lowest BCUT2D eigenvalue weighted by Gasteiger charge is -2.20. The molecule has 0 unspecified atom stereocenters. The van der Waals surface area contributed by atoms with E-state index in [0.717, 1.165) is 0 Å². The smallest absolute Gasteiger partial charge is 0.304 e. The van der Waals surface area contributed by atoms with Gasteiger partial charge in [0, 0.05) is 13.1 Å². The molecule has 0 saturated carbocycles. The van der Waals surface area contributed by atoms with E-state index in [2.05, 4.69) is 0 Å². The molecule has 0 aromatic heterocycles. The largest absolute Gasteiger partial charge is 0.481 e. The van der Waals surface area contributed by atoms with Gasteiger partial charge in [0.05, 0.1) is 11.3 Å². The molecule has 0 aliphatic heterocycles. The molecule has 18 heavy (non-hydrogen) atoms. The molecular weight excluding hydrogens is 254 g/mol. The highest BCUT2D eigenvalue weighted by Crippen LogP contribution is 2.15. The van der Waals surface area contributed by atoms with E-state index in [0.29, 0.717) is 13.0 Å². The molecular formula is C12H17NO4S. The Balaban J connectivity index is 2.93. The van der Waals surface area contributed by atoms with Gasteiger partial charge < -0.3 is 5.11 Å². The zero-order valence-corrected chi connectivity index (χ0v) is 11.1. The summed E-state index contributed by atoms with van der Waals surface area (Å²) in [6.07, 6.45) is 0.456. The zero-order chi connectivity index (χ0) is 13.6. The predicted octanol–water partition coefficient (Wildman–Crippen LogP) is 1.56. The van der Waals surface area contributed by atoms with Crippen molar-refractivity contribution in [1.29, 1.82) is 0 Å². The van der Waals surface area contributed by atoms with Crippen LogP contribution in [-0.2, 0) is 14.8 Å². The van der Waals surface area contributed by atoms with Crippen molar-refractivity contribution in [3.63, 3.8) is 0 Å². The van der Waals surface area contributed by atoms with Crippen LogP contribution in [0.1, 0.15) is 19.8 Å². The molecule has 0 aliphatic rings. The molecule has 0 atom stereocenters. The molecule has 1 N–H and O–H groups in total. The van der Waals surface area contributed by atoms with Crippen molar-refractivity contribution < 1.29 is 18.3 Å². The van der Waals surface area contributed by atoms with E-state index in [-0.39, 0.29) is 17.9 Å². The van der Waals surface area contributed by atoms with Gasteiger partial charge in [-0.2, -0.15) is 4.31 Å². The van der Waals surface area contributed by atoms with Gasteiger partial charge in [-0.15, -0.1) is 0 Å². The van der Waals surface area contributed by atoms with Crippen LogP contribution < -0.4 is 0 Å². The maximum absolute atomic E-state index is 12.3. The maximum Gasteiger partial charge on any atom is 0.304 e. The second-order valence-electron chi connectivity index (χ2n) is 3.86. The molecule has 1 aromatic carbocycles. The fraction of sp³-hybridized carbons (Fsp3) is 0.417. The van der Waals surface area contributed by atoms with E-state index in [1.807, 2.05) is 6.92 Å². The molecule has 1 aromatic rings. The summed E-state index contributed by atoms with van der Waals surface area (Å²) in [7, 11) is -3.59. The molecule has 0 saturated heterocycles. The van der Waals surface area contributed by atoms with Crippen LogP contribution in [-0.4, -0.2) is 36.9 Å². The number of hydrogen-bond donors (Lipinski definition) is 1. The van der Waals surface area contributed by atoms with Gasteiger partial charge in [0.25, 0.3) is 0 Å². The Kier molecular flexibility index (Phi) is 5.30. The number of carboxylic acids is 1. The van der Waals surface area contributed by atoms with Gasteiger partial charge in [-0.25, -0.2) is 8.42 Å². The minimum Gasteiger partial charge on any atom is -0.481 e. The van der Waals surface area contributed by atoms with Crippen LogP contribution in [0.15, 0.2) is 35.2 Å². The fourth-order valence-electron chi connectivity index (χ4n) is 1.56. The van der Waals surface area contributed by atoms with Gasteiger partial charge in [0.1, 0.15) is 0 Å². The number of hydrogen-bond acceptors (Lipinski definition) is 3. The second-order valence-corrected chi connectivity index (χ2v) is 5.80. The molecule has 6 heteroatoms. The molecule has 5 nitrogen and oxygen atoms in total. The van der Waals surface area contributed by atoms with Crippen molar-refractivity contribution in [1.82, 2.24) is 4.31 Å². The quantitative estimate of drug-likeness (QED) is 0.816. The summed E-state index contributed by atoms with van der Waals surface area (Å²) in [5.41, 5.74) is 0. The van der Waals surface area contributed by atoms with Crippen molar-refractivity contribution in [2.45, 2.75) is 24.7 Å². The van der Waals surface area contributed by atoms with E-state index >= 15 is 0 Å². The first-order valence-corrected chi connectivity index (χ1v) is 7.19. The lowest BCUT2D eigenvalue weighted by Crippen LogP contribution is -2.33. The Bertz CT molecular complexity index is 484. The van der Waals surface area contributed by atoms with Gasteiger partial charge in [-0.1, -0.05) is 25.1 Å². The number of nitrogens with zero attached hydrogens (tertiary/aromatic N) is 1. The third kappa shape index (κ3) is 3.82. The Morgan fingerprint density at radius 3 is 2.33 bits per heavy atom. The highest BCUT2D eigenvalue weighted by Gasteiger charge is 2.23. The Hall–Kier alpha value is -1.40. The highest BCUT2D eigenvalue weighted by molar-refractivity contribution is 7.89. The zero-order valence-electron chi connectivity index (χ0n) is 10.2. The standard InChI is InChI=1S/C12H17NO4S/c1-2-9-13(10-8-12(14)15)18(16,17)11-6-4-3-5-7-11/h3-7H,2,8-10H2,1H3,(H,14,15). The van der Waals surface area contributed by atoms with Crippen LogP contribution in [0.5, 0.6) is 0 Å². The van der Waals surface area contributed by atoms with Crippen LogP contribution in [0.2, 0.25) is 0 Å². The normalized spacial score (nSPS) is 11.7. The summed E-state index contributed by atoms with van der Waals surface area (Å²) >= 11 is 0. The molecule has 0 radical (unpaired) electrons. The van der Waals surface area contributed by atoms with Crippen LogP contribution in [0.3, 0.4) is 0 Å². The van der Waals surface area contributed by atoms with E-state index in [1.54, 1.807) is 18.2 Å². The molecule has 1 rings (SSSR count). The first kappa shape index (κ1) is 14.7. The van der Waals surface area contributed by atoms with Crippen molar-refractivity contribution in [2.75, 3.05) is 13.1 Å². The number of carbonyl (C=O) groups is 1. The maximum atomic E-state index is 12.3. The molecule has 0 heterocycles. The van der Waals surface area contributed by atoms with Crippen molar-refractivity contribution >= 4 is 16.0 Å². The summed E-state index contributed by atoms with van der Waals surface area (Å²) in [6, 6.07) is 8.06. The second kappa shape index (κ2) is 6.51. The molecule has 0 amide bonds. The highest BCUT2D eigenvalue weighted by atomic mass is 32.2. The van der Waals surface area contributed by atoms with Crippen LogP contribution >= 0.6 is 0 Å². The number of benzene rings is 1. The van der Waals surface area contributed by atoms with E-state index in [1.165, 1.54) is 16.4 Å². The fourth-order valence-corrected chi connectivity index (χ4v) is 3.12. The van der Waals surface area contributed by atoms with E-state index < -0.39 is 16.0 Å². The average Bonchev–Trinajstić information content (AvgIpc) is 2.35. The molecule has 100 valence electrons. The molecule has 0 aliphatic carbocycles. The molecule has 0 bridgehead atoms. The lowest BCUT2D eigenvalue weighted by atomic mass is 10.4. The van der Waals surface area contributed by atoms with Crippen molar-refractivity contribution in [3.8, 4) is 0 Å². The average molecular weight is 271 g/mol. The van der Waals surface area contributed by atoms with Crippen LogP contribution in [0.4, 0.5) is 0 Å². The minimum atomic E-state index is -3.59. The first-order chi connectivity index (χ1) is 8.48. The summed E-state index contributed by atoms with van der Waals surface area (Å²) in [5, 5.41) is 8.65. The van der Waals surface area contributed by atoms with E-state index in [9.17, 15) is 13.2 Å². The Labute approximate surface area is 107 Å². The predicted molar refractivity (Wildman–Crippen MR) is 67.7 cm³/mol. The SMILES string of the molecule is CCCN(CCC(=O)O)S(=O)(=O)c1ccccc1.